The molecule has 1 aromatic rings. The van der Waals surface area contributed by atoms with E-state index in [1.807, 2.05) is 6.92 Å². The average molecular weight is 331 g/mol. The van der Waals surface area contributed by atoms with Crippen LogP contribution in [0, 0.1) is 6.92 Å². The Labute approximate surface area is 132 Å². The molecule has 1 heterocycles. The molecule has 120 valence electrons. The van der Waals surface area contributed by atoms with Crippen LogP contribution in [0.15, 0.2) is 10.3 Å². The Morgan fingerprint density at radius 1 is 1.29 bits per heavy atom. The van der Waals surface area contributed by atoms with E-state index in [0.29, 0.717) is 4.21 Å². The summed E-state index contributed by atoms with van der Waals surface area (Å²) < 4.78 is 28.3. The van der Waals surface area contributed by atoms with Crippen molar-refractivity contribution in [3.05, 3.63) is 16.5 Å². The fourth-order valence-corrected chi connectivity index (χ4v) is 5.55. The first kappa shape index (κ1) is 16.9. The van der Waals surface area contributed by atoms with Crippen molar-refractivity contribution in [2.24, 2.45) is 0 Å². The molecular weight excluding hydrogens is 304 g/mol. The minimum Gasteiger partial charge on any atom is -0.312 e. The van der Waals surface area contributed by atoms with Gasteiger partial charge >= 0.3 is 0 Å². The number of hydrogen-bond donors (Lipinski definition) is 2. The topological polar surface area (TPSA) is 58.2 Å². The maximum atomic E-state index is 12.5. The number of sulfonamides is 1. The Kier molecular flexibility index (Phi) is 6.22. The molecule has 0 bridgehead atoms. The third-order valence-corrected chi connectivity index (χ3v) is 7.13. The smallest absolute Gasteiger partial charge is 0.250 e. The first-order valence-corrected chi connectivity index (χ1v) is 10.1. The molecule has 4 nitrogen and oxygen atoms in total. The van der Waals surface area contributed by atoms with E-state index in [1.165, 1.54) is 17.8 Å². The van der Waals surface area contributed by atoms with Gasteiger partial charge in [0.1, 0.15) is 4.21 Å². The Morgan fingerprint density at radius 2 is 2.00 bits per heavy atom. The van der Waals surface area contributed by atoms with Crippen LogP contribution in [0.2, 0.25) is 0 Å². The van der Waals surface area contributed by atoms with Crippen LogP contribution in [0.4, 0.5) is 0 Å². The number of rotatable bonds is 7. The standard InChI is InChI=1S/C15H26N2O2S2/c1-3-9-16-11-14-12(2)10-15(20-14)21(18,19)17-13-7-5-4-6-8-13/h10,13,16-17H,3-9,11H2,1-2H3. The van der Waals surface area contributed by atoms with Crippen LogP contribution in [0.3, 0.4) is 0 Å². The van der Waals surface area contributed by atoms with E-state index in [4.69, 9.17) is 0 Å². The zero-order valence-electron chi connectivity index (χ0n) is 12.9. The number of hydrogen-bond acceptors (Lipinski definition) is 4. The highest BCUT2D eigenvalue weighted by Crippen LogP contribution is 2.27. The second-order valence-corrected chi connectivity index (χ2v) is 8.88. The molecule has 2 N–H and O–H groups in total. The summed E-state index contributed by atoms with van der Waals surface area (Å²) in [6.45, 7) is 5.82. The normalized spacial score (nSPS) is 17.2. The maximum absolute atomic E-state index is 12.5. The summed E-state index contributed by atoms with van der Waals surface area (Å²) in [5.74, 6) is 0. The van der Waals surface area contributed by atoms with Gasteiger partial charge in [0.15, 0.2) is 0 Å². The lowest BCUT2D eigenvalue weighted by Gasteiger charge is -2.22. The predicted octanol–water partition coefficient (Wildman–Crippen LogP) is 3.17. The third kappa shape index (κ3) is 4.77. The molecular formula is C15H26N2O2S2. The fourth-order valence-electron chi connectivity index (χ4n) is 2.67. The maximum Gasteiger partial charge on any atom is 0.250 e. The molecule has 0 aliphatic heterocycles. The van der Waals surface area contributed by atoms with Crippen molar-refractivity contribution >= 4 is 21.4 Å². The second-order valence-electron chi connectivity index (χ2n) is 5.80. The van der Waals surface area contributed by atoms with Crippen LogP contribution in [-0.4, -0.2) is 21.0 Å². The Morgan fingerprint density at radius 3 is 2.67 bits per heavy atom. The molecule has 1 aromatic heterocycles. The molecule has 0 amide bonds. The van der Waals surface area contributed by atoms with Crippen LogP contribution in [-0.2, 0) is 16.6 Å². The van der Waals surface area contributed by atoms with Gasteiger partial charge in [0.2, 0.25) is 10.0 Å². The predicted molar refractivity (Wildman–Crippen MR) is 88.2 cm³/mol. The summed E-state index contributed by atoms with van der Waals surface area (Å²) in [4.78, 5) is 1.12. The van der Waals surface area contributed by atoms with E-state index in [1.54, 1.807) is 6.07 Å². The fraction of sp³-hybridized carbons (Fsp3) is 0.733. The molecule has 0 radical (unpaired) electrons. The molecule has 6 heteroatoms. The molecule has 0 atom stereocenters. The van der Waals surface area contributed by atoms with E-state index < -0.39 is 10.0 Å². The molecule has 21 heavy (non-hydrogen) atoms. The van der Waals surface area contributed by atoms with Crippen LogP contribution in [0.1, 0.15) is 55.9 Å². The Balaban J connectivity index is 2.03. The number of thiophene rings is 1. The molecule has 1 fully saturated rings. The van der Waals surface area contributed by atoms with E-state index >= 15 is 0 Å². The largest absolute Gasteiger partial charge is 0.312 e. The van der Waals surface area contributed by atoms with Gasteiger partial charge in [-0.3, -0.25) is 0 Å². The highest BCUT2D eigenvalue weighted by atomic mass is 32.2. The second kappa shape index (κ2) is 7.72. The van der Waals surface area contributed by atoms with Crippen molar-refractivity contribution in [2.45, 2.75) is 69.2 Å². The Hall–Kier alpha value is -0.430. The molecule has 0 unspecified atom stereocenters. The number of nitrogens with one attached hydrogen (secondary N) is 2. The summed E-state index contributed by atoms with van der Waals surface area (Å²) >= 11 is 1.39. The van der Waals surface area contributed by atoms with Gasteiger partial charge in [0.25, 0.3) is 0 Å². The molecule has 1 aliphatic rings. The minimum absolute atomic E-state index is 0.118. The minimum atomic E-state index is -3.35. The SMILES string of the molecule is CCCNCc1sc(S(=O)(=O)NC2CCCCC2)cc1C. The van der Waals surface area contributed by atoms with Crippen molar-refractivity contribution < 1.29 is 8.42 Å². The summed E-state index contributed by atoms with van der Waals surface area (Å²) in [7, 11) is -3.35. The summed E-state index contributed by atoms with van der Waals surface area (Å²) in [5, 5.41) is 3.33. The van der Waals surface area contributed by atoms with Gasteiger partial charge in [0.05, 0.1) is 0 Å². The molecule has 1 saturated carbocycles. The van der Waals surface area contributed by atoms with E-state index in [0.717, 1.165) is 55.6 Å². The van der Waals surface area contributed by atoms with Gasteiger partial charge in [-0.15, -0.1) is 11.3 Å². The van der Waals surface area contributed by atoms with Crippen LogP contribution < -0.4 is 10.0 Å². The van der Waals surface area contributed by atoms with Crippen LogP contribution >= 0.6 is 11.3 Å². The van der Waals surface area contributed by atoms with Crippen LogP contribution in [0.25, 0.3) is 0 Å². The zero-order chi connectivity index (χ0) is 15.3. The van der Waals surface area contributed by atoms with Gasteiger partial charge in [-0.1, -0.05) is 26.2 Å². The average Bonchev–Trinajstić information content (AvgIpc) is 2.82. The quantitative estimate of drug-likeness (QED) is 0.755. The van der Waals surface area contributed by atoms with Gasteiger partial charge in [-0.05, 0) is 44.4 Å². The third-order valence-electron chi connectivity index (χ3n) is 3.90. The Bertz CT molecular complexity index is 546. The first-order valence-electron chi connectivity index (χ1n) is 7.85. The van der Waals surface area contributed by atoms with Crippen molar-refractivity contribution in [3.63, 3.8) is 0 Å². The van der Waals surface area contributed by atoms with Crippen LogP contribution in [0.5, 0.6) is 0 Å². The van der Waals surface area contributed by atoms with Gasteiger partial charge in [0, 0.05) is 17.5 Å². The van der Waals surface area contributed by atoms with Gasteiger partial charge in [-0.25, -0.2) is 13.1 Å². The van der Waals surface area contributed by atoms with E-state index in [-0.39, 0.29) is 6.04 Å². The number of aryl methyl sites for hydroxylation is 1. The highest BCUT2D eigenvalue weighted by molar-refractivity contribution is 7.91. The lowest BCUT2D eigenvalue weighted by Crippen LogP contribution is -2.35. The summed E-state index contributed by atoms with van der Waals surface area (Å²) in [5.41, 5.74) is 1.06. The van der Waals surface area contributed by atoms with E-state index in [9.17, 15) is 8.42 Å². The summed E-state index contributed by atoms with van der Waals surface area (Å²) in [6, 6.07) is 1.92. The monoisotopic (exact) mass is 330 g/mol. The molecule has 0 aromatic carbocycles. The lowest BCUT2D eigenvalue weighted by molar-refractivity contribution is 0.412. The molecule has 2 rings (SSSR count). The molecule has 1 aliphatic carbocycles. The van der Waals surface area contributed by atoms with Crippen molar-refractivity contribution in [1.29, 1.82) is 0 Å². The molecule has 0 spiro atoms. The van der Waals surface area contributed by atoms with Gasteiger partial charge < -0.3 is 5.32 Å². The van der Waals surface area contributed by atoms with Crippen molar-refractivity contribution in [3.8, 4) is 0 Å². The first-order chi connectivity index (χ1) is 10.0. The van der Waals surface area contributed by atoms with Crippen molar-refractivity contribution in [2.75, 3.05) is 6.54 Å². The summed E-state index contributed by atoms with van der Waals surface area (Å²) in [6.07, 6.45) is 6.50. The molecule has 0 saturated heterocycles. The zero-order valence-corrected chi connectivity index (χ0v) is 14.6. The lowest BCUT2D eigenvalue weighted by atomic mass is 9.96. The van der Waals surface area contributed by atoms with Crippen molar-refractivity contribution in [1.82, 2.24) is 10.0 Å². The van der Waals surface area contributed by atoms with Gasteiger partial charge in [-0.2, -0.15) is 0 Å². The highest BCUT2D eigenvalue weighted by Gasteiger charge is 2.24. The van der Waals surface area contributed by atoms with E-state index in [2.05, 4.69) is 17.0 Å².